The van der Waals surface area contributed by atoms with Crippen molar-refractivity contribution in [3.63, 3.8) is 0 Å². The molecule has 2 heterocycles. The van der Waals surface area contributed by atoms with Crippen molar-refractivity contribution in [2.24, 2.45) is 0 Å². The average molecular weight is 422 g/mol. The molecule has 0 unspecified atom stereocenters. The van der Waals surface area contributed by atoms with Crippen molar-refractivity contribution in [3.8, 4) is 0 Å². The molecule has 0 bridgehead atoms. The normalized spacial score (nSPS) is 16.0. The lowest BCUT2D eigenvalue weighted by Crippen LogP contribution is -2.30. The van der Waals surface area contributed by atoms with E-state index < -0.39 is 0 Å². The molecule has 2 aromatic rings. The number of aromatic nitrogens is 1. The molecule has 8 heteroatoms. The molecule has 1 amide bonds. The SMILES string of the molecule is CCN1C(=O)/C(=C/c2cn(CC(=O)OC)c3ccc(Br)cc23)NC1=S. The largest absolute Gasteiger partial charge is 0.468 e. The van der Waals surface area contributed by atoms with E-state index in [9.17, 15) is 9.59 Å². The summed E-state index contributed by atoms with van der Waals surface area (Å²) in [7, 11) is 1.36. The third-order valence-electron chi connectivity index (χ3n) is 3.98. The zero-order valence-electron chi connectivity index (χ0n) is 13.7. The van der Waals surface area contributed by atoms with E-state index in [1.54, 1.807) is 10.6 Å². The van der Waals surface area contributed by atoms with Crippen LogP contribution in [0.3, 0.4) is 0 Å². The maximum Gasteiger partial charge on any atom is 0.325 e. The van der Waals surface area contributed by atoms with E-state index in [4.69, 9.17) is 17.0 Å². The molecule has 0 saturated carbocycles. The number of halogens is 1. The number of methoxy groups -OCH3 is 1. The number of amides is 1. The van der Waals surface area contributed by atoms with Crippen LogP contribution in [-0.4, -0.2) is 40.1 Å². The molecule has 1 aromatic heterocycles. The van der Waals surface area contributed by atoms with Gasteiger partial charge in [-0.2, -0.15) is 0 Å². The summed E-state index contributed by atoms with van der Waals surface area (Å²) in [5, 5.41) is 4.27. The number of likely N-dealkylation sites (N-methyl/N-ethyl adjacent to an activating group) is 1. The summed E-state index contributed by atoms with van der Waals surface area (Å²) in [6.45, 7) is 2.48. The van der Waals surface area contributed by atoms with Crippen molar-refractivity contribution in [2.75, 3.05) is 13.7 Å². The predicted octanol–water partition coefficient (Wildman–Crippen LogP) is 2.65. The molecule has 0 spiro atoms. The van der Waals surface area contributed by atoms with Gasteiger partial charge in [-0.05, 0) is 43.4 Å². The molecule has 6 nitrogen and oxygen atoms in total. The Bertz CT molecular complexity index is 919. The predicted molar refractivity (Wildman–Crippen MR) is 103 cm³/mol. The van der Waals surface area contributed by atoms with Crippen molar-refractivity contribution in [3.05, 3.63) is 40.1 Å². The lowest BCUT2D eigenvalue weighted by molar-refractivity contribution is -0.141. The zero-order chi connectivity index (χ0) is 18.1. The van der Waals surface area contributed by atoms with Gasteiger partial charge in [0.2, 0.25) is 0 Å². The highest BCUT2D eigenvalue weighted by atomic mass is 79.9. The highest BCUT2D eigenvalue weighted by Gasteiger charge is 2.29. The summed E-state index contributed by atoms with van der Waals surface area (Å²) < 4.78 is 7.46. The second kappa shape index (κ2) is 6.97. The monoisotopic (exact) mass is 421 g/mol. The van der Waals surface area contributed by atoms with Crippen molar-refractivity contribution in [1.82, 2.24) is 14.8 Å². The van der Waals surface area contributed by atoms with E-state index in [1.807, 2.05) is 31.3 Å². The van der Waals surface area contributed by atoms with Crippen molar-refractivity contribution in [1.29, 1.82) is 0 Å². The summed E-state index contributed by atoms with van der Waals surface area (Å²) in [6.07, 6.45) is 3.58. The molecule has 0 aliphatic carbocycles. The summed E-state index contributed by atoms with van der Waals surface area (Å²) in [4.78, 5) is 25.6. The van der Waals surface area contributed by atoms with Crippen LogP contribution in [0.25, 0.3) is 17.0 Å². The number of esters is 1. The topological polar surface area (TPSA) is 63.6 Å². The fraction of sp³-hybridized carbons (Fsp3) is 0.235. The Morgan fingerprint density at radius 1 is 1.44 bits per heavy atom. The third kappa shape index (κ3) is 3.32. The van der Waals surface area contributed by atoms with Gasteiger partial charge in [-0.15, -0.1) is 0 Å². The maximum absolute atomic E-state index is 12.4. The Hall–Kier alpha value is -2.19. The van der Waals surface area contributed by atoms with Crippen LogP contribution in [0, 0.1) is 0 Å². The van der Waals surface area contributed by atoms with Crippen LogP contribution in [0.2, 0.25) is 0 Å². The fourth-order valence-corrected chi connectivity index (χ4v) is 3.44. The highest BCUT2D eigenvalue weighted by Crippen LogP contribution is 2.27. The van der Waals surface area contributed by atoms with Gasteiger partial charge in [0.1, 0.15) is 12.2 Å². The van der Waals surface area contributed by atoms with Crippen molar-refractivity contribution < 1.29 is 14.3 Å². The quantitative estimate of drug-likeness (QED) is 0.467. The first kappa shape index (κ1) is 17.6. The Labute approximate surface area is 158 Å². The van der Waals surface area contributed by atoms with Crippen LogP contribution < -0.4 is 5.32 Å². The standard InChI is InChI=1S/C17H16BrN3O3S/c1-3-21-16(23)13(19-17(21)25)6-10-8-20(9-15(22)24-2)14-5-4-11(18)7-12(10)14/h4-8H,3,9H2,1-2H3,(H,19,25)/b13-6-. The van der Waals surface area contributed by atoms with E-state index in [1.165, 1.54) is 12.0 Å². The molecule has 1 aromatic carbocycles. The number of carbonyl (C=O) groups is 2. The first-order chi connectivity index (χ1) is 11.9. The van der Waals surface area contributed by atoms with Gasteiger partial charge in [-0.3, -0.25) is 14.5 Å². The lowest BCUT2D eigenvalue weighted by atomic mass is 10.1. The number of hydrogen-bond donors (Lipinski definition) is 1. The molecule has 1 aliphatic rings. The molecule has 1 N–H and O–H groups in total. The molecule has 0 radical (unpaired) electrons. The summed E-state index contributed by atoms with van der Waals surface area (Å²) in [5.41, 5.74) is 2.11. The van der Waals surface area contributed by atoms with Gasteiger partial charge in [0, 0.05) is 33.7 Å². The van der Waals surface area contributed by atoms with Crippen LogP contribution >= 0.6 is 28.1 Å². The van der Waals surface area contributed by atoms with Crippen molar-refractivity contribution in [2.45, 2.75) is 13.5 Å². The van der Waals surface area contributed by atoms with Crippen LogP contribution in [0.4, 0.5) is 0 Å². The number of rotatable bonds is 4. The molecule has 0 atom stereocenters. The maximum atomic E-state index is 12.4. The van der Waals surface area contributed by atoms with Gasteiger partial charge in [0.25, 0.3) is 5.91 Å². The second-order valence-corrected chi connectivity index (χ2v) is 6.79. The number of fused-ring (bicyclic) bond motifs is 1. The van der Waals surface area contributed by atoms with Gasteiger partial charge in [0.05, 0.1) is 7.11 Å². The summed E-state index contributed by atoms with van der Waals surface area (Å²) in [6, 6.07) is 5.77. The molecule has 25 heavy (non-hydrogen) atoms. The third-order valence-corrected chi connectivity index (χ3v) is 4.80. The van der Waals surface area contributed by atoms with Crippen LogP contribution in [-0.2, 0) is 20.9 Å². The van der Waals surface area contributed by atoms with Gasteiger partial charge in [0.15, 0.2) is 5.11 Å². The Morgan fingerprint density at radius 2 is 2.20 bits per heavy atom. The number of thiocarbonyl (C=S) groups is 1. The van der Waals surface area contributed by atoms with Crippen LogP contribution in [0.1, 0.15) is 12.5 Å². The number of nitrogens with one attached hydrogen (secondary N) is 1. The van der Waals surface area contributed by atoms with E-state index >= 15 is 0 Å². The summed E-state index contributed by atoms with van der Waals surface area (Å²) in [5.74, 6) is -0.496. The van der Waals surface area contributed by atoms with Crippen LogP contribution in [0.15, 0.2) is 34.6 Å². The number of hydrogen-bond acceptors (Lipinski definition) is 4. The molecule has 1 fully saturated rings. The molecular weight excluding hydrogens is 406 g/mol. The molecule has 3 rings (SSSR count). The minimum Gasteiger partial charge on any atom is -0.468 e. The van der Waals surface area contributed by atoms with E-state index in [-0.39, 0.29) is 18.4 Å². The lowest BCUT2D eigenvalue weighted by Gasteiger charge is -2.08. The zero-order valence-corrected chi connectivity index (χ0v) is 16.1. The number of carbonyl (C=O) groups excluding carboxylic acids is 2. The summed E-state index contributed by atoms with van der Waals surface area (Å²) >= 11 is 8.65. The van der Waals surface area contributed by atoms with Crippen LogP contribution in [0.5, 0.6) is 0 Å². The molecule has 1 aliphatic heterocycles. The fourth-order valence-electron chi connectivity index (χ4n) is 2.76. The highest BCUT2D eigenvalue weighted by molar-refractivity contribution is 9.10. The van der Waals surface area contributed by atoms with Gasteiger partial charge in [-0.1, -0.05) is 15.9 Å². The second-order valence-electron chi connectivity index (χ2n) is 5.49. The van der Waals surface area contributed by atoms with Crippen molar-refractivity contribution >= 4 is 62.1 Å². The first-order valence-electron chi connectivity index (χ1n) is 7.64. The van der Waals surface area contributed by atoms with E-state index in [2.05, 4.69) is 21.2 Å². The minimum absolute atomic E-state index is 0.0959. The van der Waals surface area contributed by atoms with Gasteiger partial charge in [-0.25, -0.2) is 0 Å². The van der Waals surface area contributed by atoms with Gasteiger partial charge < -0.3 is 14.6 Å². The van der Waals surface area contributed by atoms with E-state index in [0.29, 0.717) is 17.4 Å². The van der Waals surface area contributed by atoms with Gasteiger partial charge >= 0.3 is 5.97 Å². The number of benzene rings is 1. The Morgan fingerprint density at radius 3 is 2.84 bits per heavy atom. The average Bonchev–Trinajstić information content (AvgIpc) is 3.04. The minimum atomic E-state index is -0.340. The smallest absolute Gasteiger partial charge is 0.325 e. The molecule has 130 valence electrons. The Balaban J connectivity index is 2.09. The first-order valence-corrected chi connectivity index (χ1v) is 8.84. The molecule has 1 saturated heterocycles. The van der Waals surface area contributed by atoms with E-state index in [0.717, 1.165) is 20.9 Å². The number of nitrogens with zero attached hydrogens (tertiary/aromatic N) is 2. The number of ether oxygens (including phenoxy) is 1. The molecular formula is C17H16BrN3O3S. The Kier molecular flexibility index (Phi) is 4.91.